The summed E-state index contributed by atoms with van der Waals surface area (Å²) in [6.45, 7) is 1.76. The Bertz CT molecular complexity index is 482. The molecule has 0 atom stereocenters. The Balaban J connectivity index is 2.55. The average Bonchev–Trinajstić information content (AvgIpc) is 2.60. The maximum absolute atomic E-state index is 12.9. The molecule has 0 unspecified atom stereocenters. The third kappa shape index (κ3) is 1.72. The lowest BCUT2D eigenvalue weighted by Crippen LogP contribution is -1.92. The number of imidazole rings is 1. The predicted octanol–water partition coefficient (Wildman–Crippen LogP) is 2.80. The van der Waals surface area contributed by atoms with Gasteiger partial charge in [-0.05, 0) is 19.1 Å². The molecule has 0 radical (unpaired) electrons. The van der Waals surface area contributed by atoms with E-state index in [4.69, 9.17) is 0 Å². The van der Waals surface area contributed by atoms with Crippen LogP contribution in [0, 0.1) is 24.4 Å². The molecule has 78 valence electrons. The Hall–Kier alpha value is -1.78. The highest BCUT2D eigenvalue weighted by Gasteiger charge is 2.12. The van der Waals surface area contributed by atoms with Crippen molar-refractivity contribution in [3.05, 3.63) is 41.5 Å². The highest BCUT2D eigenvalue weighted by molar-refractivity contribution is 5.55. The molecule has 0 aliphatic carbocycles. The van der Waals surface area contributed by atoms with E-state index < -0.39 is 17.5 Å². The van der Waals surface area contributed by atoms with E-state index in [0.29, 0.717) is 5.82 Å². The van der Waals surface area contributed by atoms with Crippen molar-refractivity contribution in [2.75, 3.05) is 0 Å². The molecule has 0 fully saturated rings. The van der Waals surface area contributed by atoms with Gasteiger partial charge in [0.25, 0.3) is 0 Å². The van der Waals surface area contributed by atoms with Gasteiger partial charge in [0, 0.05) is 17.5 Å². The molecule has 1 N–H and O–H groups in total. The summed E-state index contributed by atoms with van der Waals surface area (Å²) >= 11 is 0. The number of aryl methyl sites for hydroxylation is 1. The van der Waals surface area contributed by atoms with Gasteiger partial charge in [-0.2, -0.15) is 0 Å². The molecule has 0 saturated heterocycles. The third-order valence-corrected chi connectivity index (χ3v) is 1.96. The minimum atomic E-state index is -1.47. The minimum absolute atomic E-state index is 0.180. The highest BCUT2D eigenvalue weighted by Crippen LogP contribution is 2.21. The molecule has 0 aliphatic heterocycles. The second-order valence-electron chi connectivity index (χ2n) is 3.17. The van der Waals surface area contributed by atoms with E-state index >= 15 is 0 Å². The Morgan fingerprint density at radius 2 is 1.73 bits per heavy atom. The Kier molecular flexibility index (Phi) is 2.22. The summed E-state index contributed by atoms with van der Waals surface area (Å²) < 4.78 is 38.4. The molecular weight excluding hydrogens is 205 g/mol. The smallest absolute Gasteiger partial charge is 0.194 e. The molecule has 1 heterocycles. The summed E-state index contributed by atoms with van der Waals surface area (Å²) in [5.74, 6) is -3.61. The summed E-state index contributed by atoms with van der Waals surface area (Å²) in [5, 5.41) is 0. The van der Waals surface area contributed by atoms with Gasteiger partial charge in [-0.1, -0.05) is 0 Å². The Labute approximate surface area is 83.8 Å². The fraction of sp³-hybridized carbons (Fsp3) is 0.100. The standard InChI is InChI=1S/C10H7F3N2/c1-5-4-14-10(15-5)6-2-7(11)9(13)8(12)3-6/h2-4H,1H3,(H,14,15). The minimum Gasteiger partial charge on any atom is -0.342 e. The number of aromatic nitrogens is 2. The van der Waals surface area contributed by atoms with Crippen LogP contribution in [0.1, 0.15) is 5.69 Å². The van der Waals surface area contributed by atoms with Crippen LogP contribution >= 0.6 is 0 Å². The summed E-state index contributed by atoms with van der Waals surface area (Å²) in [5.41, 5.74) is 0.939. The van der Waals surface area contributed by atoms with Gasteiger partial charge in [0.1, 0.15) is 5.82 Å². The van der Waals surface area contributed by atoms with Crippen LogP contribution in [0.15, 0.2) is 18.3 Å². The number of H-pyrrole nitrogens is 1. The monoisotopic (exact) mass is 212 g/mol. The molecule has 0 bridgehead atoms. The highest BCUT2D eigenvalue weighted by atomic mass is 19.2. The zero-order valence-corrected chi connectivity index (χ0v) is 7.81. The number of hydrogen-bond acceptors (Lipinski definition) is 1. The van der Waals surface area contributed by atoms with Gasteiger partial charge >= 0.3 is 0 Å². The quantitative estimate of drug-likeness (QED) is 0.723. The average molecular weight is 212 g/mol. The molecule has 2 aromatic rings. The predicted molar refractivity (Wildman–Crippen MR) is 48.6 cm³/mol. The van der Waals surface area contributed by atoms with Gasteiger partial charge in [0.05, 0.1) is 0 Å². The molecule has 1 aromatic heterocycles. The van der Waals surface area contributed by atoms with Crippen molar-refractivity contribution in [2.24, 2.45) is 0 Å². The molecule has 0 spiro atoms. The molecule has 5 heteroatoms. The fourth-order valence-corrected chi connectivity index (χ4v) is 1.25. The number of benzene rings is 1. The summed E-state index contributed by atoms with van der Waals surface area (Å²) in [6.07, 6.45) is 1.52. The van der Waals surface area contributed by atoms with Crippen LogP contribution in [0.5, 0.6) is 0 Å². The van der Waals surface area contributed by atoms with E-state index in [-0.39, 0.29) is 5.56 Å². The molecule has 2 rings (SSSR count). The van der Waals surface area contributed by atoms with Crippen molar-refractivity contribution in [1.29, 1.82) is 0 Å². The third-order valence-electron chi connectivity index (χ3n) is 1.96. The number of nitrogens with zero attached hydrogens (tertiary/aromatic N) is 1. The summed E-state index contributed by atoms with van der Waals surface area (Å²) in [6, 6.07) is 1.80. The van der Waals surface area contributed by atoms with Gasteiger partial charge in [-0.15, -0.1) is 0 Å². The van der Waals surface area contributed by atoms with Crippen LogP contribution in [-0.4, -0.2) is 9.97 Å². The van der Waals surface area contributed by atoms with Crippen molar-refractivity contribution < 1.29 is 13.2 Å². The summed E-state index contributed by atoms with van der Waals surface area (Å²) in [4.78, 5) is 6.69. The van der Waals surface area contributed by atoms with Gasteiger partial charge in [-0.25, -0.2) is 18.2 Å². The van der Waals surface area contributed by atoms with Crippen LogP contribution in [0.3, 0.4) is 0 Å². The fourth-order valence-electron chi connectivity index (χ4n) is 1.25. The first-order chi connectivity index (χ1) is 7.08. The molecule has 0 aliphatic rings. The van der Waals surface area contributed by atoms with Crippen LogP contribution in [0.4, 0.5) is 13.2 Å². The lowest BCUT2D eigenvalue weighted by atomic mass is 10.2. The molecular formula is C10H7F3N2. The number of nitrogens with one attached hydrogen (secondary N) is 1. The molecule has 1 aromatic carbocycles. The van der Waals surface area contributed by atoms with Crippen molar-refractivity contribution in [3.8, 4) is 11.4 Å². The van der Waals surface area contributed by atoms with E-state index in [2.05, 4.69) is 9.97 Å². The largest absolute Gasteiger partial charge is 0.342 e. The van der Waals surface area contributed by atoms with E-state index in [0.717, 1.165) is 17.8 Å². The van der Waals surface area contributed by atoms with Gasteiger partial charge in [0.15, 0.2) is 17.5 Å². The van der Waals surface area contributed by atoms with Crippen molar-refractivity contribution >= 4 is 0 Å². The van der Waals surface area contributed by atoms with Crippen molar-refractivity contribution in [2.45, 2.75) is 6.92 Å². The second kappa shape index (κ2) is 3.42. The van der Waals surface area contributed by atoms with Gasteiger partial charge < -0.3 is 4.98 Å². The zero-order valence-electron chi connectivity index (χ0n) is 7.81. The number of hydrogen-bond donors (Lipinski definition) is 1. The van der Waals surface area contributed by atoms with Crippen molar-refractivity contribution in [3.63, 3.8) is 0 Å². The maximum Gasteiger partial charge on any atom is 0.194 e. The number of halogens is 3. The Morgan fingerprint density at radius 3 is 2.20 bits per heavy atom. The van der Waals surface area contributed by atoms with Crippen LogP contribution in [0.2, 0.25) is 0 Å². The molecule has 2 nitrogen and oxygen atoms in total. The molecule has 0 amide bonds. The number of aromatic amines is 1. The summed E-state index contributed by atoms with van der Waals surface area (Å²) in [7, 11) is 0. The van der Waals surface area contributed by atoms with Crippen LogP contribution < -0.4 is 0 Å². The van der Waals surface area contributed by atoms with Crippen LogP contribution in [-0.2, 0) is 0 Å². The topological polar surface area (TPSA) is 28.7 Å². The van der Waals surface area contributed by atoms with Crippen molar-refractivity contribution in [1.82, 2.24) is 9.97 Å². The van der Waals surface area contributed by atoms with E-state index in [1.165, 1.54) is 6.20 Å². The first kappa shape index (κ1) is 9.76. The van der Waals surface area contributed by atoms with Gasteiger partial charge in [0.2, 0.25) is 0 Å². The molecule has 15 heavy (non-hydrogen) atoms. The lowest BCUT2D eigenvalue weighted by Gasteiger charge is -1.99. The van der Waals surface area contributed by atoms with Crippen LogP contribution in [0.25, 0.3) is 11.4 Å². The van der Waals surface area contributed by atoms with E-state index in [9.17, 15) is 13.2 Å². The lowest BCUT2D eigenvalue weighted by molar-refractivity contribution is 0.447. The maximum atomic E-state index is 12.9. The normalized spacial score (nSPS) is 10.7. The van der Waals surface area contributed by atoms with E-state index in [1.54, 1.807) is 6.92 Å². The first-order valence-corrected chi connectivity index (χ1v) is 4.24. The number of rotatable bonds is 1. The first-order valence-electron chi connectivity index (χ1n) is 4.24. The Morgan fingerprint density at radius 1 is 1.13 bits per heavy atom. The zero-order chi connectivity index (χ0) is 11.0. The molecule has 0 saturated carbocycles. The second-order valence-corrected chi connectivity index (χ2v) is 3.17. The van der Waals surface area contributed by atoms with E-state index in [1.807, 2.05) is 0 Å². The SMILES string of the molecule is Cc1cnc(-c2cc(F)c(F)c(F)c2)[nH]1. The van der Waals surface area contributed by atoms with Gasteiger partial charge in [-0.3, -0.25) is 0 Å².